The molecule has 100 valence electrons. The van der Waals surface area contributed by atoms with Gasteiger partial charge in [-0.1, -0.05) is 15.9 Å². The van der Waals surface area contributed by atoms with Crippen molar-refractivity contribution in [2.75, 3.05) is 19.0 Å². The van der Waals surface area contributed by atoms with Crippen molar-refractivity contribution in [2.24, 2.45) is 5.73 Å². The lowest BCUT2D eigenvalue weighted by molar-refractivity contribution is -0.117. The minimum Gasteiger partial charge on any atom is -0.385 e. The number of benzene rings is 1. The zero-order chi connectivity index (χ0) is 13.7. The molecule has 0 fully saturated rings. The maximum atomic E-state index is 11.8. The Morgan fingerprint density at radius 1 is 1.44 bits per heavy atom. The number of methoxy groups -OCH3 is 1. The van der Waals surface area contributed by atoms with Crippen LogP contribution in [0.1, 0.15) is 17.5 Å². The van der Waals surface area contributed by atoms with E-state index in [-0.39, 0.29) is 5.91 Å². The van der Waals surface area contributed by atoms with Gasteiger partial charge < -0.3 is 15.8 Å². The molecule has 1 aromatic carbocycles. The van der Waals surface area contributed by atoms with Crippen LogP contribution in [0.15, 0.2) is 16.6 Å². The smallest absolute Gasteiger partial charge is 0.241 e. The summed E-state index contributed by atoms with van der Waals surface area (Å²) in [6, 6.07) is 3.28. The molecule has 0 aliphatic heterocycles. The molecule has 1 rings (SSSR count). The summed E-state index contributed by atoms with van der Waals surface area (Å²) in [5, 5.41) is 2.82. The van der Waals surface area contributed by atoms with Gasteiger partial charge >= 0.3 is 0 Å². The van der Waals surface area contributed by atoms with Gasteiger partial charge in [0.1, 0.15) is 0 Å². The first-order valence-electron chi connectivity index (χ1n) is 5.77. The topological polar surface area (TPSA) is 64.3 Å². The fraction of sp³-hybridized carbons (Fsp3) is 0.462. The minimum atomic E-state index is -0.547. The van der Waals surface area contributed by atoms with Crippen molar-refractivity contribution in [2.45, 2.75) is 26.3 Å². The largest absolute Gasteiger partial charge is 0.385 e. The summed E-state index contributed by atoms with van der Waals surface area (Å²) in [4.78, 5) is 11.8. The van der Waals surface area contributed by atoms with E-state index in [1.54, 1.807) is 7.11 Å². The monoisotopic (exact) mass is 314 g/mol. The van der Waals surface area contributed by atoms with Gasteiger partial charge in [0.2, 0.25) is 5.91 Å². The third-order valence-electron chi connectivity index (χ3n) is 2.67. The summed E-state index contributed by atoms with van der Waals surface area (Å²) in [7, 11) is 1.59. The Morgan fingerprint density at radius 2 is 2.00 bits per heavy atom. The highest BCUT2D eigenvalue weighted by molar-refractivity contribution is 9.10. The number of rotatable bonds is 5. The van der Waals surface area contributed by atoms with E-state index in [0.29, 0.717) is 13.0 Å². The van der Waals surface area contributed by atoms with E-state index in [1.807, 2.05) is 26.0 Å². The SMILES string of the molecule is COCCC(N)C(=O)Nc1cc(C)c(Br)c(C)c1. The number of ether oxygens (including phenoxy) is 1. The molecular formula is C13H19BrN2O2. The van der Waals surface area contributed by atoms with Gasteiger partial charge in [-0.2, -0.15) is 0 Å². The molecule has 1 amide bonds. The van der Waals surface area contributed by atoms with Gasteiger partial charge in [-0.3, -0.25) is 4.79 Å². The molecule has 5 heteroatoms. The first-order valence-corrected chi connectivity index (χ1v) is 6.57. The molecule has 4 nitrogen and oxygen atoms in total. The number of hydrogen-bond donors (Lipinski definition) is 2. The summed E-state index contributed by atoms with van der Waals surface area (Å²) in [6.07, 6.45) is 0.511. The second kappa shape index (κ2) is 6.87. The highest BCUT2D eigenvalue weighted by Crippen LogP contribution is 2.25. The van der Waals surface area contributed by atoms with Gasteiger partial charge in [0.15, 0.2) is 0 Å². The molecule has 1 unspecified atom stereocenters. The number of carbonyl (C=O) groups excluding carboxylic acids is 1. The standard InChI is InChI=1S/C13H19BrN2O2/c1-8-6-10(7-9(2)12(8)14)16-13(17)11(15)4-5-18-3/h6-7,11H,4-5,15H2,1-3H3,(H,16,17). The summed E-state index contributed by atoms with van der Waals surface area (Å²) >= 11 is 3.49. The first-order chi connectivity index (χ1) is 8.45. The Labute approximate surface area is 116 Å². The van der Waals surface area contributed by atoms with Crippen LogP contribution in [0.4, 0.5) is 5.69 Å². The maximum absolute atomic E-state index is 11.8. The first kappa shape index (κ1) is 15.1. The lowest BCUT2D eigenvalue weighted by atomic mass is 10.1. The Morgan fingerprint density at radius 3 is 2.50 bits per heavy atom. The quantitative estimate of drug-likeness (QED) is 0.877. The fourth-order valence-corrected chi connectivity index (χ4v) is 1.86. The lowest BCUT2D eigenvalue weighted by Gasteiger charge is -2.13. The molecule has 1 aromatic rings. The number of nitrogens with one attached hydrogen (secondary N) is 1. The van der Waals surface area contributed by atoms with Crippen molar-refractivity contribution in [1.29, 1.82) is 0 Å². The number of nitrogens with two attached hydrogens (primary N) is 1. The summed E-state index contributed by atoms with van der Waals surface area (Å²) in [6.45, 7) is 4.45. The third kappa shape index (κ3) is 4.08. The van der Waals surface area contributed by atoms with Crippen molar-refractivity contribution in [1.82, 2.24) is 0 Å². The highest BCUT2D eigenvalue weighted by Gasteiger charge is 2.13. The molecule has 3 N–H and O–H groups in total. The number of carbonyl (C=O) groups is 1. The van der Waals surface area contributed by atoms with Crippen molar-refractivity contribution in [3.05, 3.63) is 27.7 Å². The highest BCUT2D eigenvalue weighted by atomic mass is 79.9. The summed E-state index contributed by atoms with van der Waals surface area (Å²) in [5.74, 6) is -0.187. The number of hydrogen-bond acceptors (Lipinski definition) is 3. The Hall–Kier alpha value is -0.910. The molecule has 1 atom stereocenters. The fourth-order valence-electron chi connectivity index (χ4n) is 1.63. The van der Waals surface area contributed by atoms with Crippen LogP contribution < -0.4 is 11.1 Å². The average molecular weight is 315 g/mol. The van der Waals surface area contributed by atoms with Crippen LogP contribution in [-0.4, -0.2) is 25.7 Å². The van der Waals surface area contributed by atoms with Crippen LogP contribution in [0, 0.1) is 13.8 Å². The number of halogens is 1. The molecule has 0 aliphatic rings. The van der Waals surface area contributed by atoms with Crippen molar-refractivity contribution < 1.29 is 9.53 Å². The van der Waals surface area contributed by atoms with E-state index in [2.05, 4.69) is 21.2 Å². The van der Waals surface area contributed by atoms with Gasteiger partial charge in [-0.25, -0.2) is 0 Å². The third-order valence-corrected chi connectivity index (χ3v) is 3.92. The van der Waals surface area contributed by atoms with Crippen LogP contribution in [0.25, 0.3) is 0 Å². The van der Waals surface area contributed by atoms with E-state index in [1.165, 1.54) is 0 Å². The van der Waals surface area contributed by atoms with Gasteiger partial charge in [0.25, 0.3) is 0 Å². The zero-order valence-corrected chi connectivity index (χ0v) is 12.5. The molecule has 0 saturated heterocycles. The number of aryl methyl sites for hydroxylation is 2. The zero-order valence-electron chi connectivity index (χ0n) is 10.9. The van der Waals surface area contributed by atoms with Crippen molar-refractivity contribution in [3.63, 3.8) is 0 Å². The second-order valence-corrected chi connectivity index (χ2v) is 5.09. The van der Waals surface area contributed by atoms with E-state index < -0.39 is 6.04 Å². The van der Waals surface area contributed by atoms with Crippen LogP contribution in [0.5, 0.6) is 0 Å². The summed E-state index contributed by atoms with van der Waals surface area (Å²) in [5.41, 5.74) is 8.68. The predicted molar refractivity (Wildman–Crippen MR) is 76.7 cm³/mol. The average Bonchev–Trinajstić information content (AvgIpc) is 2.32. The van der Waals surface area contributed by atoms with Gasteiger partial charge in [0, 0.05) is 23.9 Å². The maximum Gasteiger partial charge on any atom is 0.241 e. The molecular weight excluding hydrogens is 296 g/mol. The van der Waals surface area contributed by atoms with E-state index in [4.69, 9.17) is 10.5 Å². The molecule has 0 radical (unpaired) electrons. The van der Waals surface area contributed by atoms with Crippen LogP contribution in [0.2, 0.25) is 0 Å². The van der Waals surface area contributed by atoms with Gasteiger partial charge in [-0.15, -0.1) is 0 Å². The van der Waals surface area contributed by atoms with Crippen LogP contribution in [0.3, 0.4) is 0 Å². The second-order valence-electron chi connectivity index (χ2n) is 4.30. The lowest BCUT2D eigenvalue weighted by Crippen LogP contribution is -2.36. The Bertz CT molecular complexity index is 412. The van der Waals surface area contributed by atoms with E-state index in [9.17, 15) is 4.79 Å². The van der Waals surface area contributed by atoms with Gasteiger partial charge in [0.05, 0.1) is 6.04 Å². The minimum absolute atomic E-state index is 0.187. The van der Waals surface area contributed by atoms with E-state index in [0.717, 1.165) is 21.3 Å². The van der Waals surface area contributed by atoms with Crippen molar-refractivity contribution >= 4 is 27.5 Å². The molecule has 0 aromatic heterocycles. The van der Waals surface area contributed by atoms with Gasteiger partial charge in [-0.05, 0) is 43.5 Å². The molecule has 0 spiro atoms. The van der Waals surface area contributed by atoms with Crippen molar-refractivity contribution in [3.8, 4) is 0 Å². The van der Waals surface area contributed by atoms with Crippen LogP contribution >= 0.6 is 15.9 Å². The normalized spacial score (nSPS) is 12.3. The van der Waals surface area contributed by atoms with E-state index >= 15 is 0 Å². The number of amides is 1. The Kier molecular flexibility index (Phi) is 5.78. The number of anilines is 1. The summed E-state index contributed by atoms with van der Waals surface area (Å²) < 4.78 is 5.96. The Balaban J connectivity index is 2.70. The van der Waals surface area contributed by atoms with Crippen LogP contribution in [-0.2, 0) is 9.53 Å². The molecule has 18 heavy (non-hydrogen) atoms. The molecule has 0 bridgehead atoms. The predicted octanol–water partition coefficient (Wildman–Crippen LogP) is 2.37. The molecule has 0 aliphatic carbocycles. The molecule has 0 saturated carbocycles. The molecule has 0 heterocycles.